The van der Waals surface area contributed by atoms with Gasteiger partial charge in [0.1, 0.15) is 0 Å². The zero-order valence-corrected chi connectivity index (χ0v) is 17.2. The van der Waals surface area contributed by atoms with Crippen molar-refractivity contribution in [3.05, 3.63) is 119 Å². The average molecular weight is 422 g/mol. The Hall–Kier alpha value is -4.32. The van der Waals surface area contributed by atoms with Gasteiger partial charge in [-0.2, -0.15) is 0 Å². The lowest BCUT2D eigenvalue weighted by atomic mass is 9.97. The van der Waals surface area contributed by atoms with Gasteiger partial charge in [-0.15, -0.1) is 0 Å². The van der Waals surface area contributed by atoms with Crippen molar-refractivity contribution in [2.75, 3.05) is 0 Å². The van der Waals surface area contributed by atoms with Crippen LogP contribution < -0.4 is 21.3 Å². The van der Waals surface area contributed by atoms with Crippen LogP contribution in [-0.2, 0) is 0 Å². The Balaban J connectivity index is 1.40. The molecule has 0 bridgehead atoms. The Morgan fingerprint density at radius 1 is 0.500 bits per heavy atom. The van der Waals surface area contributed by atoms with Gasteiger partial charge in [-0.05, 0) is 34.4 Å². The van der Waals surface area contributed by atoms with E-state index in [-0.39, 0.29) is 24.1 Å². The predicted octanol–water partition coefficient (Wildman–Crippen LogP) is 4.48. The van der Waals surface area contributed by atoms with Crippen LogP contribution in [0.4, 0.5) is 9.59 Å². The molecule has 5 rings (SSSR count). The van der Waals surface area contributed by atoms with Crippen LogP contribution in [0.1, 0.15) is 34.3 Å². The molecule has 3 aromatic rings. The molecule has 0 aromatic heterocycles. The molecule has 0 saturated carbocycles. The summed E-state index contributed by atoms with van der Waals surface area (Å²) in [6.45, 7) is 0. The quantitative estimate of drug-likeness (QED) is 0.500. The summed E-state index contributed by atoms with van der Waals surface area (Å²) in [6.07, 6.45) is 4.01. The van der Waals surface area contributed by atoms with Crippen LogP contribution in [0, 0.1) is 0 Å². The van der Waals surface area contributed by atoms with E-state index in [2.05, 4.69) is 21.3 Å². The maximum absolute atomic E-state index is 12.2. The highest BCUT2D eigenvalue weighted by atomic mass is 16.2. The molecule has 4 amide bonds. The highest BCUT2D eigenvalue weighted by Gasteiger charge is 2.23. The molecule has 2 heterocycles. The summed E-state index contributed by atoms with van der Waals surface area (Å²) < 4.78 is 0. The van der Waals surface area contributed by atoms with E-state index in [1.807, 2.05) is 97.1 Å². The number of hydrogen-bond donors (Lipinski definition) is 4. The molecule has 0 spiro atoms. The maximum Gasteiger partial charge on any atom is 0.319 e. The van der Waals surface area contributed by atoms with E-state index >= 15 is 0 Å². The molecule has 0 aliphatic carbocycles. The molecule has 2 aliphatic heterocycles. The second-order valence-electron chi connectivity index (χ2n) is 7.71. The van der Waals surface area contributed by atoms with Crippen LogP contribution >= 0.6 is 0 Å². The van der Waals surface area contributed by atoms with Gasteiger partial charge < -0.3 is 21.3 Å². The summed E-state index contributed by atoms with van der Waals surface area (Å²) in [4.78, 5) is 24.5. The second-order valence-corrected chi connectivity index (χ2v) is 7.71. The van der Waals surface area contributed by atoms with E-state index in [1.54, 1.807) is 0 Å². The molecule has 3 aromatic carbocycles. The summed E-state index contributed by atoms with van der Waals surface area (Å²) >= 11 is 0. The Labute approximate surface area is 186 Å². The highest BCUT2D eigenvalue weighted by Crippen LogP contribution is 2.27. The molecule has 6 heteroatoms. The molecular formula is C26H22N4O2. The van der Waals surface area contributed by atoms with Gasteiger partial charge in [-0.3, -0.25) is 0 Å². The normalized spacial score (nSPS) is 20.1. The molecule has 6 nitrogen and oxygen atoms in total. The number of amides is 4. The summed E-state index contributed by atoms with van der Waals surface area (Å²) in [7, 11) is 0. The topological polar surface area (TPSA) is 82.3 Å². The van der Waals surface area contributed by atoms with Gasteiger partial charge in [0.05, 0.1) is 12.1 Å². The number of nitrogens with one attached hydrogen (secondary N) is 4. The fourth-order valence-electron chi connectivity index (χ4n) is 3.94. The fourth-order valence-corrected chi connectivity index (χ4v) is 3.94. The van der Waals surface area contributed by atoms with Gasteiger partial charge in [0.2, 0.25) is 0 Å². The smallest absolute Gasteiger partial charge is 0.319 e. The van der Waals surface area contributed by atoms with Gasteiger partial charge in [-0.25, -0.2) is 9.59 Å². The van der Waals surface area contributed by atoms with Crippen LogP contribution in [0.2, 0.25) is 0 Å². The summed E-state index contributed by atoms with van der Waals surface area (Å²) in [5, 5.41) is 11.6. The van der Waals surface area contributed by atoms with Crippen LogP contribution in [0.15, 0.2) is 97.1 Å². The highest BCUT2D eigenvalue weighted by molar-refractivity contribution is 5.89. The predicted molar refractivity (Wildman–Crippen MR) is 124 cm³/mol. The maximum atomic E-state index is 12.2. The van der Waals surface area contributed by atoms with Crippen molar-refractivity contribution in [3.63, 3.8) is 0 Å². The Kier molecular flexibility index (Phi) is 5.17. The van der Waals surface area contributed by atoms with Gasteiger partial charge in [0.25, 0.3) is 0 Å². The van der Waals surface area contributed by atoms with Gasteiger partial charge in [0, 0.05) is 11.4 Å². The SMILES string of the molecule is O=C1NC(c2ccccc2)=CC(c2ccc(C3C=C(c4ccccc4)NC(=O)N3)cc2)N1. The molecular weight excluding hydrogens is 400 g/mol. The van der Waals surface area contributed by atoms with Crippen molar-refractivity contribution >= 4 is 23.5 Å². The number of hydrogen-bond acceptors (Lipinski definition) is 2. The standard InChI is InChI=1S/C26H22N4O2/c31-25-27-21(17-7-3-1-4-8-17)15-23(29-25)19-11-13-20(14-12-19)24-16-22(28-26(32)30-24)18-9-5-2-6-10-18/h1-16,23-24H,(H2,27,29,31)(H2,28,30,32). The molecule has 0 saturated heterocycles. The summed E-state index contributed by atoms with van der Waals surface area (Å²) in [6, 6.07) is 26.5. The minimum atomic E-state index is -0.244. The third kappa shape index (κ3) is 4.11. The van der Waals surface area contributed by atoms with E-state index in [9.17, 15) is 9.59 Å². The average Bonchev–Trinajstić information content (AvgIpc) is 2.84. The first kappa shape index (κ1) is 19.6. The van der Waals surface area contributed by atoms with Gasteiger partial charge in [0.15, 0.2) is 0 Å². The number of benzene rings is 3. The molecule has 2 aliphatic rings. The second kappa shape index (κ2) is 8.43. The van der Waals surface area contributed by atoms with E-state index in [4.69, 9.17) is 0 Å². The molecule has 158 valence electrons. The van der Waals surface area contributed by atoms with E-state index < -0.39 is 0 Å². The largest absolute Gasteiger partial charge is 0.327 e. The molecule has 2 atom stereocenters. The minimum Gasteiger partial charge on any atom is -0.327 e. The Morgan fingerprint density at radius 2 is 0.875 bits per heavy atom. The van der Waals surface area contributed by atoms with Crippen LogP contribution in [0.25, 0.3) is 11.4 Å². The zero-order valence-electron chi connectivity index (χ0n) is 17.2. The van der Waals surface area contributed by atoms with Crippen molar-refractivity contribution in [2.24, 2.45) is 0 Å². The van der Waals surface area contributed by atoms with Crippen molar-refractivity contribution in [1.29, 1.82) is 0 Å². The van der Waals surface area contributed by atoms with Crippen LogP contribution in [0.3, 0.4) is 0 Å². The van der Waals surface area contributed by atoms with Crippen molar-refractivity contribution < 1.29 is 9.59 Å². The Bertz CT molecular complexity index is 1110. The van der Waals surface area contributed by atoms with Crippen molar-refractivity contribution in [2.45, 2.75) is 12.1 Å². The van der Waals surface area contributed by atoms with Crippen molar-refractivity contribution in [3.8, 4) is 0 Å². The summed E-state index contributed by atoms with van der Waals surface area (Å²) in [5.41, 5.74) is 5.41. The van der Waals surface area contributed by atoms with Crippen LogP contribution in [0.5, 0.6) is 0 Å². The van der Waals surface area contributed by atoms with E-state index in [0.29, 0.717) is 0 Å². The lowest BCUT2D eigenvalue weighted by Crippen LogP contribution is -2.41. The van der Waals surface area contributed by atoms with Gasteiger partial charge >= 0.3 is 12.1 Å². The monoisotopic (exact) mass is 422 g/mol. The third-order valence-corrected chi connectivity index (χ3v) is 5.56. The molecule has 4 N–H and O–H groups in total. The van der Waals surface area contributed by atoms with Crippen molar-refractivity contribution in [1.82, 2.24) is 21.3 Å². The first-order chi connectivity index (χ1) is 15.7. The third-order valence-electron chi connectivity index (χ3n) is 5.56. The number of carbonyl (C=O) groups excluding carboxylic acids is 2. The first-order valence-electron chi connectivity index (χ1n) is 10.4. The number of carbonyl (C=O) groups is 2. The number of urea groups is 2. The Morgan fingerprint density at radius 3 is 1.25 bits per heavy atom. The van der Waals surface area contributed by atoms with Gasteiger partial charge in [-0.1, -0.05) is 84.9 Å². The lowest BCUT2D eigenvalue weighted by molar-refractivity contribution is 0.240. The lowest BCUT2D eigenvalue weighted by Gasteiger charge is -2.26. The van der Waals surface area contributed by atoms with E-state index in [1.165, 1.54) is 0 Å². The zero-order chi connectivity index (χ0) is 21.9. The molecule has 0 fully saturated rings. The fraction of sp³-hybridized carbons (Fsp3) is 0.0769. The minimum absolute atomic E-state index is 0.235. The molecule has 2 unspecified atom stereocenters. The molecule has 0 radical (unpaired) electrons. The first-order valence-corrected chi connectivity index (χ1v) is 10.4. The number of rotatable bonds is 4. The summed E-state index contributed by atoms with van der Waals surface area (Å²) in [5.74, 6) is 0. The van der Waals surface area contributed by atoms with E-state index in [0.717, 1.165) is 33.6 Å². The van der Waals surface area contributed by atoms with Crippen LogP contribution in [-0.4, -0.2) is 12.1 Å². The molecule has 32 heavy (non-hydrogen) atoms.